The first kappa shape index (κ1) is 12.3. The lowest BCUT2D eigenvalue weighted by Gasteiger charge is -2.20. The quantitative estimate of drug-likeness (QED) is 0.786. The number of carbonyl (C=O) groups is 3. The van der Waals surface area contributed by atoms with Crippen LogP contribution < -0.4 is 4.90 Å². The van der Waals surface area contributed by atoms with Crippen molar-refractivity contribution >= 4 is 23.9 Å². The molecular formula is C13H13NO4. The summed E-state index contributed by atoms with van der Waals surface area (Å²) in [7, 11) is 0. The van der Waals surface area contributed by atoms with E-state index in [1.54, 1.807) is 24.3 Å². The van der Waals surface area contributed by atoms with Crippen LogP contribution in [0.2, 0.25) is 0 Å². The average molecular weight is 247 g/mol. The number of carboxylic acids is 1. The van der Waals surface area contributed by atoms with Gasteiger partial charge in [-0.15, -0.1) is 0 Å². The Hall–Kier alpha value is -2.17. The lowest BCUT2D eigenvalue weighted by Crippen LogP contribution is -2.34. The summed E-state index contributed by atoms with van der Waals surface area (Å²) < 4.78 is 0. The van der Waals surface area contributed by atoms with Crippen LogP contribution in [-0.4, -0.2) is 29.8 Å². The molecule has 0 bridgehead atoms. The Morgan fingerprint density at radius 1 is 1.28 bits per heavy atom. The molecule has 0 heterocycles. The fraction of sp³-hybridized carbons (Fsp3) is 0.308. The smallest absolute Gasteiger partial charge is 0.307 e. The van der Waals surface area contributed by atoms with Crippen molar-refractivity contribution in [2.24, 2.45) is 11.8 Å². The van der Waals surface area contributed by atoms with E-state index in [9.17, 15) is 14.4 Å². The monoisotopic (exact) mass is 247 g/mol. The first-order valence-corrected chi connectivity index (χ1v) is 5.68. The number of nitrogens with zero attached hydrogens (tertiary/aromatic N) is 1. The van der Waals surface area contributed by atoms with Crippen molar-refractivity contribution in [3.8, 4) is 0 Å². The van der Waals surface area contributed by atoms with Crippen molar-refractivity contribution in [1.82, 2.24) is 0 Å². The molecule has 1 aromatic carbocycles. The summed E-state index contributed by atoms with van der Waals surface area (Å²) >= 11 is 0. The van der Waals surface area contributed by atoms with Crippen LogP contribution in [-0.2, 0) is 14.4 Å². The van der Waals surface area contributed by atoms with Crippen LogP contribution in [0.5, 0.6) is 0 Å². The Bertz CT molecular complexity index is 471. The van der Waals surface area contributed by atoms with E-state index in [0.29, 0.717) is 18.4 Å². The molecule has 0 aromatic heterocycles. The number of carbonyl (C=O) groups excluding carboxylic acids is 2. The second-order valence-electron chi connectivity index (χ2n) is 4.24. The second kappa shape index (κ2) is 5.00. The van der Waals surface area contributed by atoms with Crippen molar-refractivity contribution in [3.05, 3.63) is 30.3 Å². The second-order valence-corrected chi connectivity index (χ2v) is 4.24. The Morgan fingerprint density at radius 3 is 2.44 bits per heavy atom. The molecule has 1 N–H and O–H groups in total. The van der Waals surface area contributed by atoms with Crippen molar-refractivity contribution < 1.29 is 19.5 Å². The van der Waals surface area contributed by atoms with Crippen LogP contribution in [0.15, 0.2) is 30.3 Å². The molecule has 0 saturated heterocycles. The molecule has 0 aliphatic heterocycles. The number of hydrogen-bond acceptors (Lipinski definition) is 3. The van der Waals surface area contributed by atoms with Gasteiger partial charge in [0.25, 0.3) is 0 Å². The van der Waals surface area contributed by atoms with Gasteiger partial charge in [-0.25, -0.2) is 0 Å². The first-order valence-electron chi connectivity index (χ1n) is 5.68. The van der Waals surface area contributed by atoms with E-state index in [-0.39, 0.29) is 12.5 Å². The van der Waals surface area contributed by atoms with E-state index in [4.69, 9.17) is 5.11 Å². The Kier molecular flexibility index (Phi) is 3.41. The summed E-state index contributed by atoms with van der Waals surface area (Å²) in [6.45, 7) is -0.0499. The minimum Gasteiger partial charge on any atom is -0.481 e. The predicted octanol–water partition coefficient (Wildman–Crippen LogP) is 0.939. The van der Waals surface area contributed by atoms with Gasteiger partial charge in [0.05, 0.1) is 18.4 Å². The lowest BCUT2D eigenvalue weighted by molar-refractivity contribution is -0.139. The summed E-state index contributed by atoms with van der Waals surface area (Å²) in [6, 6.07) is 8.79. The highest BCUT2D eigenvalue weighted by Crippen LogP contribution is 2.40. The molecule has 1 saturated carbocycles. The van der Waals surface area contributed by atoms with E-state index in [2.05, 4.69) is 0 Å². The molecule has 1 aliphatic rings. The molecule has 5 nitrogen and oxygen atoms in total. The summed E-state index contributed by atoms with van der Waals surface area (Å²) in [6.07, 6.45) is 0.999. The molecule has 2 atom stereocenters. The Labute approximate surface area is 104 Å². The molecule has 2 unspecified atom stereocenters. The number of amides is 1. The van der Waals surface area contributed by atoms with Gasteiger partial charge >= 0.3 is 5.97 Å². The summed E-state index contributed by atoms with van der Waals surface area (Å²) in [5, 5.41) is 8.81. The van der Waals surface area contributed by atoms with Gasteiger partial charge in [0.2, 0.25) is 5.91 Å². The van der Waals surface area contributed by atoms with Gasteiger partial charge in [0.15, 0.2) is 0 Å². The number of aldehydes is 1. The van der Waals surface area contributed by atoms with Crippen LogP contribution in [0.25, 0.3) is 0 Å². The molecule has 1 amide bonds. The van der Waals surface area contributed by atoms with Gasteiger partial charge in [0.1, 0.15) is 6.29 Å². The zero-order chi connectivity index (χ0) is 13.1. The van der Waals surface area contributed by atoms with Crippen molar-refractivity contribution in [2.75, 3.05) is 11.4 Å². The number of benzene rings is 1. The first-order chi connectivity index (χ1) is 8.65. The maximum atomic E-state index is 12.1. The molecule has 1 aliphatic carbocycles. The van der Waals surface area contributed by atoms with E-state index in [0.717, 1.165) is 0 Å². The largest absolute Gasteiger partial charge is 0.481 e. The minimum atomic E-state index is -0.951. The lowest BCUT2D eigenvalue weighted by atomic mass is 10.2. The molecule has 5 heteroatoms. The number of anilines is 1. The fourth-order valence-electron chi connectivity index (χ4n) is 1.95. The number of para-hydroxylation sites is 1. The Balaban J connectivity index is 2.14. The number of rotatable bonds is 5. The molecule has 1 fully saturated rings. The van der Waals surface area contributed by atoms with E-state index in [1.165, 1.54) is 4.90 Å². The fourth-order valence-corrected chi connectivity index (χ4v) is 1.95. The third-order valence-corrected chi connectivity index (χ3v) is 3.02. The number of aliphatic carboxylic acids is 1. The van der Waals surface area contributed by atoms with Crippen molar-refractivity contribution in [2.45, 2.75) is 6.42 Å². The molecule has 1 aromatic rings. The summed E-state index contributed by atoms with van der Waals surface area (Å²) in [4.78, 5) is 34.8. The molecular weight excluding hydrogens is 234 g/mol. The van der Waals surface area contributed by atoms with Gasteiger partial charge in [-0.3, -0.25) is 9.59 Å². The van der Waals surface area contributed by atoms with Crippen LogP contribution in [0.3, 0.4) is 0 Å². The van der Waals surface area contributed by atoms with Crippen molar-refractivity contribution in [3.63, 3.8) is 0 Å². The van der Waals surface area contributed by atoms with Gasteiger partial charge in [-0.1, -0.05) is 18.2 Å². The Morgan fingerprint density at radius 2 is 1.94 bits per heavy atom. The van der Waals surface area contributed by atoms with Crippen molar-refractivity contribution in [1.29, 1.82) is 0 Å². The van der Waals surface area contributed by atoms with E-state index in [1.807, 2.05) is 6.07 Å². The maximum absolute atomic E-state index is 12.1. The molecule has 0 spiro atoms. The van der Waals surface area contributed by atoms with Crippen LogP contribution in [0, 0.1) is 11.8 Å². The molecule has 18 heavy (non-hydrogen) atoms. The third-order valence-electron chi connectivity index (χ3n) is 3.02. The number of hydrogen-bond donors (Lipinski definition) is 1. The standard InChI is InChI=1S/C13H13NO4/c15-7-6-14(9-4-2-1-3-5-9)12(16)10-8-11(10)13(17)18/h1-5,7,10-11H,6,8H2,(H,17,18). The highest BCUT2D eigenvalue weighted by Gasteiger charge is 2.49. The van der Waals surface area contributed by atoms with E-state index < -0.39 is 17.8 Å². The highest BCUT2D eigenvalue weighted by molar-refractivity contribution is 6.01. The van der Waals surface area contributed by atoms with Gasteiger partial charge in [-0.05, 0) is 18.6 Å². The van der Waals surface area contributed by atoms with Gasteiger partial charge < -0.3 is 14.8 Å². The van der Waals surface area contributed by atoms with Crippen LogP contribution in [0.1, 0.15) is 6.42 Å². The summed E-state index contributed by atoms with van der Waals surface area (Å²) in [5.41, 5.74) is 0.616. The molecule has 2 rings (SSSR count). The van der Waals surface area contributed by atoms with Gasteiger partial charge in [0, 0.05) is 5.69 Å². The highest BCUT2D eigenvalue weighted by atomic mass is 16.4. The van der Waals surface area contributed by atoms with Crippen LogP contribution >= 0.6 is 0 Å². The molecule has 0 radical (unpaired) electrons. The predicted molar refractivity (Wildman–Crippen MR) is 64.1 cm³/mol. The third kappa shape index (κ3) is 2.40. The zero-order valence-corrected chi connectivity index (χ0v) is 9.65. The SMILES string of the molecule is O=CCN(C(=O)C1CC1C(=O)O)c1ccccc1. The minimum absolute atomic E-state index is 0.0499. The summed E-state index contributed by atoms with van der Waals surface area (Å²) in [5.74, 6) is -2.34. The van der Waals surface area contributed by atoms with Crippen LogP contribution in [0.4, 0.5) is 5.69 Å². The number of carboxylic acid groups (broad SMARTS) is 1. The topological polar surface area (TPSA) is 74.7 Å². The van der Waals surface area contributed by atoms with Gasteiger partial charge in [-0.2, -0.15) is 0 Å². The molecule has 94 valence electrons. The normalized spacial score (nSPS) is 21.1. The zero-order valence-electron chi connectivity index (χ0n) is 9.65. The maximum Gasteiger partial charge on any atom is 0.307 e. The average Bonchev–Trinajstić information content (AvgIpc) is 3.16. The van der Waals surface area contributed by atoms with E-state index >= 15 is 0 Å².